The third-order valence-corrected chi connectivity index (χ3v) is 8.97. The number of hydrogen-bond acceptors (Lipinski definition) is 7. The summed E-state index contributed by atoms with van der Waals surface area (Å²) in [5.41, 5.74) is 1.13. The molecule has 1 atom stereocenters. The van der Waals surface area contributed by atoms with E-state index in [1.165, 1.54) is 11.8 Å². The fourth-order valence-electron chi connectivity index (χ4n) is 3.72. The van der Waals surface area contributed by atoms with Gasteiger partial charge in [0.15, 0.2) is 9.84 Å². The van der Waals surface area contributed by atoms with Crippen LogP contribution < -0.4 is 0 Å². The molecule has 1 fully saturated rings. The van der Waals surface area contributed by atoms with Crippen LogP contribution in [0.15, 0.2) is 41.4 Å². The molecule has 0 saturated carbocycles. The largest absolute Gasteiger partial charge is 0.338 e. The van der Waals surface area contributed by atoms with E-state index in [4.69, 9.17) is 0 Å². The van der Waals surface area contributed by atoms with Crippen LogP contribution in [0, 0.1) is 6.92 Å². The first kappa shape index (κ1) is 21.3. The van der Waals surface area contributed by atoms with E-state index >= 15 is 0 Å². The van der Waals surface area contributed by atoms with Gasteiger partial charge in [-0.1, -0.05) is 42.1 Å². The normalized spacial score (nSPS) is 18.0. The number of rotatable bonds is 6. The number of nitrogens with zero attached hydrogens (tertiary/aromatic N) is 3. The quantitative estimate of drug-likeness (QED) is 0.410. The first-order valence-electron chi connectivity index (χ1n) is 9.82. The number of aromatic nitrogens is 2. The predicted molar refractivity (Wildman–Crippen MR) is 123 cm³/mol. The van der Waals surface area contributed by atoms with Crippen LogP contribution in [-0.2, 0) is 14.6 Å². The van der Waals surface area contributed by atoms with Crippen molar-refractivity contribution in [3.8, 4) is 10.4 Å². The number of thiophene rings is 1. The molecule has 9 heteroatoms. The summed E-state index contributed by atoms with van der Waals surface area (Å²) in [5, 5.41) is 1.74. The van der Waals surface area contributed by atoms with Gasteiger partial charge in [-0.15, -0.1) is 11.3 Å². The maximum Gasteiger partial charge on any atom is 0.233 e. The molecule has 0 spiro atoms. The molecule has 4 rings (SSSR count). The summed E-state index contributed by atoms with van der Waals surface area (Å²) in [4.78, 5) is 25.7. The lowest BCUT2D eigenvalue weighted by Gasteiger charge is -2.26. The first-order valence-corrected chi connectivity index (χ1v) is 13.4. The first-order chi connectivity index (χ1) is 14.4. The third-order valence-electron chi connectivity index (χ3n) is 5.17. The van der Waals surface area contributed by atoms with Gasteiger partial charge >= 0.3 is 0 Å². The van der Waals surface area contributed by atoms with E-state index in [1.54, 1.807) is 16.2 Å². The van der Waals surface area contributed by atoms with Gasteiger partial charge in [-0.05, 0) is 31.9 Å². The standard InChI is InChI=1S/C21H23N3O3S3/c1-3-24(16-9-10-30(26,27)13-16)19(25)12-28-20-17-11-18(15-7-5-4-6-8-15)29-21(17)23-14(2)22-20/h4-8,11,16H,3,9-10,12-13H2,1-2H3/t16-/m1/s1. The van der Waals surface area contributed by atoms with Crippen LogP contribution in [0.5, 0.6) is 0 Å². The molecule has 1 aromatic carbocycles. The SMILES string of the molecule is CCN(C(=O)CSc1nc(C)nc2sc(-c3ccccc3)cc12)[C@@H]1CCS(=O)(=O)C1. The molecule has 3 heterocycles. The summed E-state index contributed by atoms with van der Waals surface area (Å²) >= 11 is 3.02. The fourth-order valence-corrected chi connectivity index (χ4v) is 7.54. The van der Waals surface area contributed by atoms with Crippen LogP contribution in [-0.4, -0.2) is 59.0 Å². The zero-order valence-corrected chi connectivity index (χ0v) is 19.3. The highest BCUT2D eigenvalue weighted by Gasteiger charge is 2.33. The number of carbonyl (C=O) groups is 1. The number of benzene rings is 1. The number of hydrogen-bond donors (Lipinski definition) is 0. The fraction of sp³-hybridized carbons (Fsp3) is 0.381. The van der Waals surface area contributed by atoms with Gasteiger partial charge in [0, 0.05) is 22.8 Å². The molecule has 0 aliphatic carbocycles. The number of fused-ring (bicyclic) bond motifs is 1. The Morgan fingerprint density at radius 1 is 1.27 bits per heavy atom. The van der Waals surface area contributed by atoms with Crippen molar-refractivity contribution in [2.24, 2.45) is 0 Å². The van der Waals surface area contributed by atoms with E-state index < -0.39 is 9.84 Å². The molecule has 158 valence electrons. The minimum absolute atomic E-state index is 0.0486. The Kier molecular flexibility index (Phi) is 6.13. The molecular weight excluding hydrogens is 438 g/mol. The van der Waals surface area contributed by atoms with Crippen LogP contribution in [0.25, 0.3) is 20.7 Å². The van der Waals surface area contributed by atoms with Crippen molar-refractivity contribution < 1.29 is 13.2 Å². The molecule has 1 saturated heterocycles. The lowest BCUT2D eigenvalue weighted by Crippen LogP contribution is -2.41. The van der Waals surface area contributed by atoms with Gasteiger partial charge < -0.3 is 4.90 Å². The van der Waals surface area contributed by atoms with Crippen molar-refractivity contribution in [1.82, 2.24) is 14.9 Å². The van der Waals surface area contributed by atoms with Gasteiger partial charge in [0.25, 0.3) is 0 Å². The van der Waals surface area contributed by atoms with Crippen molar-refractivity contribution in [3.05, 3.63) is 42.2 Å². The molecule has 1 aliphatic heterocycles. The molecule has 0 N–H and O–H groups in total. The summed E-state index contributed by atoms with van der Waals surface area (Å²) in [6.07, 6.45) is 0.522. The minimum atomic E-state index is -3.03. The average Bonchev–Trinajstić information content (AvgIpc) is 3.30. The number of carbonyl (C=O) groups excluding carboxylic acids is 1. The Hall–Kier alpha value is -1.97. The zero-order chi connectivity index (χ0) is 21.3. The second-order valence-electron chi connectivity index (χ2n) is 7.30. The van der Waals surface area contributed by atoms with Crippen molar-refractivity contribution in [1.29, 1.82) is 0 Å². The number of sulfone groups is 1. The smallest absolute Gasteiger partial charge is 0.233 e. The van der Waals surface area contributed by atoms with Gasteiger partial charge in [0.1, 0.15) is 15.7 Å². The molecule has 2 aromatic heterocycles. The average molecular weight is 462 g/mol. The highest BCUT2D eigenvalue weighted by molar-refractivity contribution is 8.00. The molecule has 6 nitrogen and oxygen atoms in total. The number of aryl methyl sites for hydroxylation is 1. The van der Waals surface area contributed by atoms with Gasteiger partial charge in [-0.25, -0.2) is 18.4 Å². The topological polar surface area (TPSA) is 80.2 Å². The summed E-state index contributed by atoms with van der Waals surface area (Å²) in [6, 6.07) is 12.0. The highest BCUT2D eigenvalue weighted by Crippen LogP contribution is 2.36. The van der Waals surface area contributed by atoms with Crippen molar-refractivity contribution in [2.45, 2.75) is 31.3 Å². The van der Waals surface area contributed by atoms with Crippen molar-refractivity contribution in [2.75, 3.05) is 23.8 Å². The van der Waals surface area contributed by atoms with Gasteiger partial charge in [0.2, 0.25) is 5.91 Å². The molecule has 0 radical (unpaired) electrons. The van der Waals surface area contributed by atoms with Crippen LogP contribution >= 0.6 is 23.1 Å². The van der Waals surface area contributed by atoms with E-state index in [1.807, 2.05) is 32.0 Å². The maximum absolute atomic E-state index is 12.9. The van der Waals surface area contributed by atoms with E-state index in [9.17, 15) is 13.2 Å². The van der Waals surface area contributed by atoms with Crippen LogP contribution in [0.1, 0.15) is 19.2 Å². The van der Waals surface area contributed by atoms with E-state index in [0.717, 1.165) is 25.7 Å². The van der Waals surface area contributed by atoms with Gasteiger partial charge in [0.05, 0.1) is 17.3 Å². The minimum Gasteiger partial charge on any atom is -0.338 e. The molecule has 3 aromatic rings. The Labute approximate surface area is 184 Å². The molecular formula is C21H23N3O3S3. The zero-order valence-electron chi connectivity index (χ0n) is 16.9. The molecule has 1 amide bonds. The molecule has 30 heavy (non-hydrogen) atoms. The molecule has 1 aliphatic rings. The Bertz CT molecular complexity index is 1180. The lowest BCUT2D eigenvalue weighted by atomic mass is 10.2. The third kappa shape index (κ3) is 4.53. The molecule has 0 unspecified atom stereocenters. The Morgan fingerprint density at radius 2 is 2.03 bits per heavy atom. The Morgan fingerprint density at radius 3 is 2.70 bits per heavy atom. The van der Waals surface area contributed by atoms with E-state index in [2.05, 4.69) is 28.2 Å². The summed E-state index contributed by atoms with van der Waals surface area (Å²) in [6.45, 7) is 4.26. The van der Waals surface area contributed by atoms with Gasteiger partial charge in [-0.3, -0.25) is 4.79 Å². The Balaban J connectivity index is 1.54. The monoisotopic (exact) mass is 461 g/mol. The predicted octanol–water partition coefficient (Wildman–Crippen LogP) is 3.79. The summed E-state index contributed by atoms with van der Waals surface area (Å²) in [7, 11) is -3.03. The van der Waals surface area contributed by atoms with Crippen LogP contribution in [0.3, 0.4) is 0 Å². The number of thioether (sulfide) groups is 1. The highest BCUT2D eigenvalue weighted by atomic mass is 32.2. The van der Waals surface area contributed by atoms with E-state index in [-0.39, 0.29) is 29.2 Å². The van der Waals surface area contributed by atoms with E-state index in [0.29, 0.717) is 18.8 Å². The second kappa shape index (κ2) is 8.64. The van der Waals surface area contributed by atoms with Gasteiger partial charge in [-0.2, -0.15) is 0 Å². The number of amides is 1. The second-order valence-corrected chi connectivity index (χ2v) is 11.5. The van der Waals surface area contributed by atoms with Crippen molar-refractivity contribution in [3.63, 3.8) is 0 Å². The van der Waals surface area contributed by atoms with Crippen LogP contribution in [0.2, 0.25) is 0 Å². The van der Waals surface area contributed by atoms with Crippen molar-refractivity contribution >= 4 is 49.1 Å². The van der Waals surface area contributed by atoms with Crippen LogP contribution in [0.4, 0.5) is 0 Å². The summed E-state index contributed by atoms with van der Waals surface area (Å²) < 4.78 is 23.6. The molecule has 0 bridgehead atoms. The maximum atomic E-state index is 12.9. The lowest BCUT2D eigenvalue weighted by molar-refractivity contribution is -0.129. The summed E-state index contributed by atoms with van der Waals surface area (Å²) in [5.74, 6) is 1.09.